The summed E-state index contributed by atoms with van der Waals surface area (Å²) in [5.74, 6) is -44.9. The average molecular weight is 850 g/mol. The van der Waals surface area contributed by atoms with E-state index in [9.17, 15) is 13.2 Å². The smallest absolute Gasteiger partial charge is 0.207 e. The van der Waals surface area contributed by atoms with Crippen LogP contribution in [-0.2, 0) is 5.41 Å². The summed E-state index contributed by atoms with van der Waals surface area (Å²) in [6.07, 6.45) is -6.01. The van der Waals surface area contributed by atoms with Crippen LogP contribution in [0.5, 0.6) is 0 Å². The second-order valence-electron chi connectivity index (χ2n) is 13.4. The highest BCUT2D eigenvalue weighted by atomic mass is 19.2. The molecule has 0 saturated carbocycles. The van der Waals surface area contributed by atoms with Crippen LogP contribution in [-0.4, -0.2) is 6.15 Å². The van der Waals surface area contributed by atoms with Crippen molar-refractivity contribution in [2.24, 2.45) is 0 Å². The van der Waals surface area contributed by atoms with Crippen molar-refractivity contribution in [1.82, 2.24) is 0 Å². The molecule has 0 aliphatic rings. The topological polar surface area (TPSA) is 0 Å². The van der Waals surface area contributed by atoms with Crippen LogP contribution in [0.4, 0.5) is 70.2 Å². The summed E-state index contributed by atoms with van der Waals surface area (Å²) in [4.78, 5) is 0. The third kappa shape index (κ3) is 5.87. The molecule has 0 saturated heterocycles. The average Bonchev–Trinajstić information content (AvgIpc) is 3.26. The summed E-state index contributed by atoms with van der Waals surface area (Å²) in [6, 6.07) is 16.8. The Balaban J connectivity index is 0.00000622. The van der Waals surface area contributed by atoms with Crippen LogP contribution >= 0.6 is 0 Å². The summed E-state index contributed by atoms with van der Waals surface area (Å²) < 4.78 is 255. The van der Waals surface area contributed by atoms with E-state index in [0.717, 1.165) is 36.4 Å². The molecule has 7 aromatic carbocycles. The van der Waals surface area contributed by atoms with E-state index in [1.165, 1.54) is 54.6 Å². The van der Waals surface area contributed by atoms with Crippen LogP contribution in [0.15, 0.2) is 109 Å². The highest BCUT2D eigenvalue weighted by molar-refractivity contribution is 7.20. The van der Waals surface area contributed by atoms with Gasteiger partial charge >= 0.3 is 1.43 Å². The fourth-order valence-electron chi connectivity index (χ4n) is 8.11. The maximum Gasteiger partial charge on any atom is 1.00 e. The van der Waals surface area contributed by atoms with E-state index >= 15 is 57.1 Å². The van der Waals surface area contributed by atoms with Gasteiger partial charge in [0.05, 0.1) is 5.41 Å². The molecule has 0 unspecified atom stereocenters. The first-order valence-electron chi connectivity index (χ1n) is 17.1. The van der Waals surface area contributed by atoms with Crippen molar-refractivity contribution in [2.75, 3.05) is 0 Å². The lowest BCUT2D eigenvalue weighted by Gasteiger charge is -2.49. The van der Waals surface area contributed by atoms with E-state index in [0.29, 0.717) is 0 Å². The van der Waals surface area contributed by atoms with Gasteiger partial charge in [0.15, 0.2) is 69.8 Å². The highest BCUT2D eigenvalue weighted by Crippen LogP contribution is 2.47. The molecule has 0 bridgehead atoms. The normalized spacial score (nSPS) is 12.0. The quantitative estimate of drug-likeness (QED) is 0.0470. The molecule has 0 radical (unpaired) electrons. The zero-order chi connectivity index (χ0) is 43.6. The Hall–Kier alpha value is -6.52. The molecule has 0 nitrogen and oxygen atoms in total. The highest BCUT2D eigenvalue weighted by Gasteiger charge is 2.52. The lowest BCUT2D eigenvalue weighted by atomic mass is 9.12. The van der Waals surface area contributed by atoms with Gasteiger partial charge in [-0.15, -0.1) is 5.46 Å². The molecule has 0 aromatic heterocycles. The van der Waals surface area contributed by atoms with E-state index in [1.807, 2.05) is 0 Å². The summed E-state index contributed by atoms with van der Waals surface area (Å²) in [5, 5.41) is 0. The standard InChI is InChI=1S/C43H18BF16/c45-25-16-22(30(48)38(56)33(25)51)44(23-17-26(46)34(52)39(57)31(23)49,24-18-27(47)35(53)40(58)32(24)50)29-28(36(54)41(59)42(60)37(29)55)43(19-10-4-1-5-11-19,20-12-6-2-7-13-20)21-14-8-3-9-15-21/h1-18H/q-1/p+1. The van der Waals surface area contributed by atoms with Crippen molar-refractivity contribution in [3.63, 3.8) is 0 Å². The zero-order valence-electron chi connectivity index (χ0n) is 30.5. The maximum absolute atomic E-state index is 17.7. The Morgan fingerprint density at radius 2 is 0.567 bits per heavy atom. The largest absolute Gasteiger partial charge is 1.00 e. The molecule has 0 atom stereocenters. The number of hydrogen-bond acceptors (Lipinski definition) is 0. The van der Waals surface area contributed by atoms with Crippen molar-refractivity contribution in [2.45, 2.75) is 5.41 Å². The Labute approximate surface area is 329 Å². The number of benzene rings is 7. The van der Waals surface area contributed by atoms with E-state index in [4.69, 9.17) is 0 Å². The van der Waals surface area contributed by atoms with Crippen LogP contribution in [0.25, 0.3) is 0 Å². The van der Waals surface area contributed by atoms with Gasteiger partial charge in [0.25, 0.3) is 0 Å². The van der Waals surface area contributed by atoms with Gasteiger partial charge in [-0.2, -0.15) is 16.4 Å². The van der Waals surface area contributed by atoms with Gasteiger partial charge in [-0.05, 0) is 22.3 Å². The SMILES string of the molecule is Fc1cc([B-](c2cc(F)c(F)c(F)c2F)(c2cc(F)c(F)c(F)c2F)c2c(F)c(F)c(F)c(F)c2C(c2ccccc2)(c2ccccc2)c2ccccc2)c(F)c(F)c1F.[H+]. The van der Waals surface area contributed by atoms with Crippen LogP contribution < -0.4 is 21.9 Å². The van der Waals surface area contributed by atoms with Crippen molar-refractivity contribution >= 4 is 28.0 Å². The number of rotatable bonds is 8. The molecule has 0 fully saturated rings. The van der Waals surface area contributed by atoms with E-state index in [1.54, 1.807) is 0 Å². The van der Waals surface area contributed by atoms with E-state index in [2.05, 4.69) is 0 Å². The molecule has 0 spiro atoms. The van der Waals surface area contributed by atoms with Crippen LogP contribution in [0.3, 0.4) is 0 Å². The summed E-state index contributed by atoms with van der Waals surface area (Å²) in [5.41, 5.74) is -14.8. The molecule has 0 N–H and O–H groups in total. The third-order valence-electron chi connectivity index (χ3n) is 10.5. The number of hydrogen-bond donors (Lipinski definition) is 0. The predicted octanol–water partition coefficient (Wildman–Crippen LogP) is 9.78. The van der Waals surface area contributed by atoms with E-state index in [-0.39, 0.29) is 18.1 Å². The molecule has 0 aliphatic heterocycles. The Morgan fingerprint density at radius 1 is 0.300 bits per heavy atom. The molecular formula is C43H19BF16. The van der Waals surface area contributed by atoms with E-state index < -0.39 is 150 Å². The summed E-state index contributed by atoms with van der Waals surface area (Å²) in [7, 11) is 0. The van der Waals surface area contributed by atoms with Gasteiger partial charge in [-0.1, -0.05) is 109 Å². The lowest BCUT2D eigenvalue weighted by Crippen LogP contribution is -2.79. The molecule has 7 aromatic rings. The molecular weight excluding hydrogens is 831 g/mol. The van der Waals surface area contributed by atoms with Crippen molar-refractivity contribution < 1.29 is 71.7 Å². The van der Waals surface area contributed by atoms with Gasteiger partial charge in [0.1, 0.15) is 29.4 Å². The fraction of sp³-hybridized carbons (Fsp3) is 0.0233. The monoisotopic (exact) mass is 850 g/mol. The van der Waals surface area contributed by atoms with Gasteiger partial charge in [-0.3, -0.25) is 0 Å². The zero-order valence-corrected chi connectivity index (χ0v) is 29.5. The molecule has 306 valence electrons. The molecule has 0 aliphatic carbocycles. The predicted molar refractivity (Wildman–Crippen MR) is 189 cm³/mol. The van der Waals surface area contributed by atoms with Crippen LogP contribution in [0.2, 0.25) is 0 Å². The lowest BCUT2D eigenvalue weighted by molar-refractivity contribution is 0.402. The minimum absolute atomic E-state index is 0. The molecule has 0 amide bonds. The van der Waals surface area contributed by atoms with Gasteiger partial charge in [0, 0.05) is 0 Å². The molecule has 17 heteroatoms. The fourth-order valence-corrected chi connectivity index (χ4v) is 8.11. The molecule has 7 rings (SSSR count). The second-order valence-corrected chi connectivity index (χ2v) is 13.4. The van der Waals surface area contributed by atoms with Gasteiger partial charge in [-0.25, -0.2) is 70.2 Å². The molecule has 60 heavy (non-hydrogen) atoms. The second kappa shape index (κ2) is 15.3. The Kier molecular flexibility index (Phi) is 10.6. The maximum atomic E-state index is 17.7. The first kappa shape index (κ1) is 41.6. The minimum atomic E-state index is -6.01. The van der Waals surface area contributed by atoms with Crippen molar-refractivity contribution in [3.8, 4) is 0 Å². The van der Waals surface area contributed by atoms with Gasteiger partial charge < -0.3 is 0 Å². The summed E-state index contributed by atoms with van der Waals surface area (Å²) in [6.45, 7) is 0. The van der Waals surface area contributed by atoms with Gasteiger partial charge in [0.2, 0.25) is 0 Å². The molecule has 0 heterocycles. The minimum Gasteiger partial charge on any atom is -0.207 e. The van der Waals surface area contributed by atoms with Crippen LogP contribution in [0, 0.1) is 93.1 Å². The third-order valence-corrected chi connectivity index (χ3v) is 10.5. The first-order valence-corrected chi connectivity index (χ1v) is 17.1. The summed E-state index contributed by atoms with van der Waals surface area (Å²) >= 11 is 0. The Morgan fingerprint density at radius 3 is 0.867 bits per heavy atom. The number of halogens is 16. The first-order chi connectivity index (χ1) is 28.4. The van der Waals surface area contributed by atoms with Crippen LogP contribution in [0.1, 0.15) is 23.7 Å². The Bertz CT molecular complexity index is 2590. The van der Waals surface area contributed by atoms with Crippen molar-refractivity contribution in [1.29, 1.82) is 0 Å². The van der Waals surface area contributed by atoms with Crippen molar-refractivity contribution in [3.05, 3.63) is 225 Å².